The van der Waals surface area contributed by atoms with Gasteiger partial charge in [-0.25, -0.2) is 4.39 Å². The van der Waals surface area contributed by atoms with E-state index in [2.05, 4.69) is 482 Å². The topological polar surface area (TPSA) is 55.2 Å². The molecule has 0 aliphatic heterocycles. The number of azide groups is 1. The van der Waals surface area contributed by atoms with Crippen molar-refractivity contribution in [1.29, 1.82) is 0 Å². The van der Waals surface area contributed by atoms with Crippen LogP contribution in [0, 0.1) is 30.5 Å². The van der Waals surface area contributed by atoms with Crippen molar-refractivity contribution in [1.82, 2.24) is 0 Å². The lowest BCUT2D eigenvalue weighted by Crippen LogP contribution is -2.18. The summed E-state index contributed by atoms with van der Waals surface area (Å²) in [5, 5.41) is 3.56. The van der Waals surface area contributed by atoms with Crippen LogP contribution in [0.5, 0.6) is 0 Å². The molecule has 0 radical (unpaired) electrons. The van der Waals surface area contributed by atoms with Gasteiger partial charge in [0.25, 0.3) is 0 Å². The molecule has 0 saturated carbocycles. The van der Waals surface area contributed by atoms with Crippen LogP contribution in [-0.2, 0) is 56.2 Å². The van der Waals surface area contributed by atoms with Crippen LogP contribution in [0.3, 0.4) is 0 Å². The molecule has 0 spiro atoms. The molecule has 121 heavy (non-hydrogen) atoms. The van der Waals surface area contributed by atoms with E-state index in [4.69, 9.17) is 5.53 Å². The first-order valence-electron chi connectivity index (χ1n) is 44.1. The molecule has 10 aromatic rings. The minimum absolute atomic E-state index is 0.0919. The smallest absolute Gasteiger partial charge is 0.126 e. The molecule has 660 valence electrons. The Labute approximate surface area is 742 Å². The molecule has 5 nitrogen and oxygen atoms in total. The van der Waals surface area contributed by atoms with Crippen molar-refractivity contribution in [2.45, 2.75) is 311 Å². The zero-order valence-electron chi connectivity index (χ0n) is 83.7. The van der Waals surface area contributed by atoms with E-state index >= 15 is 0 Å². The van der Waals surface area contributed by atoms with E-state index in [0.717, 1.165) is 12.0 Å². The minimum atomic E-state index is -0.111. The molecular weight excluding hydrogens is 1470 g/mol. The Bertz CT molecular complexity index is 4520. The molecule has 0 heterocycles. The van der Waals surface area contributed by atoms with E-state index < -0.39 is 0 Å². The normalized spacial score (nSPS) is 11.6. The number of rotatable bonds is 8. The van der Waals surface area contributed by atoms with Gasteiger partial charge >= 0.3 is 0 Å². The summed E-state index contributed by atoms with van der Waals surface area (Å²) in [4.78, 5) is 7.06. The lowest BCUT2D eigenvalue weighted by molar-refractivity contribution is 0.378. The number of hydrogen-bond acceptors (Lipinski definition) is 3. The van der Waals surface area contributed by atoms with Crippen molar-refractivity contribution in [3.63, 3.8) is 0 Å². The number of hydrogen-bond donors (Lipinski definition) is 0. The summed E-state index contributed by atoms with van der Waals surface area (Å²) in [6, 6.07) is 88.0. The molecule has 6 heteroatoms. The summed E-state index contributed by atoms with van der Waals surface area (Å²) < 4.78 is 13.1. The molecular formula is C115H168FN5. The van der Waals surface area contributed by atoms with Crippen molar-refractivity contribution < 1.29 is 4.39 Å². The van der Waals surface area contributed by atoms with Crippen molar-refractivity contribution in [3.05, 3.63) is 355 Å². The number of para-hydroxylation sites is 1. The average Bonchev–Trinajstić information content (AvgIpc) is 0.811. The molecule has 10 rings (SSSR count). The molecule has 0 atom stereocenters. The van der Waals surface area contributed by atoms with Crippen LogP contribution in [0.2, 0.25) is 0 Å². The molecule has 0 aliphatic carbocycles. The predicted molar refractivity (Wildman–Crippen MR) is 541 cm³/mol. The van der Waals surface area contributed by atoms with E-state index in [9.17, 15) is 4.39 Å². The highest BCUT2D eigenvalue weighted by atomic mass is 19.1. The molecule has 0 amide bonds. The average molecular weight is 1640 g/mol. The van der Waals surface area contributed by atoms with Crippen molar-refractivity contribution >= 4 is 23.1 Å². The van der Waals surface area contributed by atoms with Crippen LogP contribution < -0.4 is 9.80 Å². The summed E-state index contributed by atoms with van der Waals surface area (Å²) >= 11 is 0. The largest absolute Gasteiger partial charge is 0.378 e. The van der Waals surface area contributed by atoms with Gasteiger partial charge in [-0.1, -0.05) is 476 Å². The van der Waals surface area contributed by atoms with Gasteiger partial charge in [-0.2, -0.15) is 0 Å². The zero-order chi connectivity index (χ0) is 92.8. The van der Waals surface area contributed by atoms with E-state index in [1.54, 1.807) is 12.1 Å². The molecule has 0 unspecified atom stereocenters. The van der Waals surface area contributed by atoms with Crippen LogP contribution >= 0.6 is 0 Å². The second kappa shape index (κ2) is 50.4. The van der Waals surface area contributed by atoms with Gasteiger partial charge in [-0.15, -0.1) is 0 Å². The summed E-state index contributed by atoms with van der Waals surface area (Å²) in [5.74, 6) is 0.522. The van der Waals surface area contributed by atoms with E-state index in [1.165, 1.54) is 103 Å². The van der Waals surface area contributed by atoms with Gasteiger partial charge in [-0.05, 0) is 201 Å². The maximum absolute atomic E-state index is 13.1. The predicted octanol–water partition coefficient (Wildman–Crippen LogP) is 34.8. The van der Waals surface area contributed by atoms with Crippen LogP contribution in [0.15, 0.2) is 266 Å². The Balaban J connectivity index is 0.000000673. The maximum Gasteiger partial charge on any atom is 0.126 e. The standard InChI is InChI=1S/C13H20.2C12H19N.C12H18.C12H16.C12H18.2C11H16.C10H13F.C10H13N3/c1-10(2)11-6-8-12(9-7-11)13(3,4)5;1-12(2,3)10-7-6-8-11(9-10)13(4)5;1-12(2,3)10-8-6-7-9-11(10)13(4)5;2*1-12(2,3)10-9-11-7-5-4-6-8-11;1-5-10-6-8-11(9-7-10)12(2,3)4;1-9-6-5-7-10(8-9)11(2,3)4;1-9-7-5-6-8-10(9)11(2,3)4;1-10(2,3)8-6-4-5-7-9(8)11;1-10(2,3)8-5-4-6-9(7-8)12-13-11/h6-10H,1-5H3;2*6-9H,1-5H3;4-8H,9-10H2,1-3H3;4-10H,1-3H3;6-9H,5H2,1-4H3;2*5-8H,1-4H3;4-7H,1-3H3;4-7H,1-3H3/b;;;;10-9+;;;;;. The van der Waals surface area contributed by atoms with Gasteiger partial charge in [0.1, 0.15) is 5.82 Å². The lowest BCUT2D eigenvalue weighted by Gasteiger charge is -2.26. The van der Waals surface area contributed by atoms with Gasteiger partial charge in [0, 0.05) is 50.2 Å². The SMILES string of the molecule is CC(C)(C)/C=C/c1ccccc1.CC(C)(C)CCc1ccccc1.CC(C)(C)c1cccc(N=[N+]=[N-])c1.CC(C)(C)c1ccccc1F.CC(C)c1ccc(C(C)(C)C)cc1.CCc1ccc(C(C)(C)C)cc1.CN(C)c1cccc(C(C)(C)C)c1.CN(C)c1ccccc1C(C)(C)C.Cc1cccc(C(C)(C)C)c1.Cc1ccccc1C(C)(C)C. The molecule has 0 fully saturated rings. The Hall–Kier alpha value is -9.22. The fourth-order valence-corrected chi connectivity index (χ4v) is 12.1. The third kappa shape index (κ3) is 47.1. The molecule has 0 bridgehead atoms. The molecule has 10 aromatic carbocycles. The quantitative estimate of drug-likeness (QED) is 0.0865. The molecule has 0 N–H and O–H groups in total. The van der Waals surface area contributed by atoms with E-state index in [1.807, 2.05) is 57.2 Å². The summed E-state index contributed by atoms with van der Waals surface area (Å²) in [5.41, 5.74) is 32.6. The first-order chi connectivity index (χ1) is 55.5. The number of aryl methyl sites for hydroxylation is 4. The summed E-state index contributed by atoms with van der Waals surface area (Å²) in [6.07, 6.45) is 7.98. The number of benzene rings is 10. The fourth-order valence-electron chi connectivity index (χ4n) is 12.1. The van der Waals surface area contributed by atoms with Gasteiger partial charge in [0.05, 0.1) is 0 Å². The maximum atomic E-state index is 13.1. The van der Waals surface area contributed by atoms with Crippen LogP contribution in [0.4, 0.5) is 21.5 Å². The Kier molecular flexibility index (Phi) is 45.7. The summed E-state index contributed by atoms with van der Waals surface area (Å²) in [6.45, 7) is 77.2. The Morgan fingerprint density at radius 1 is 0.372 bits per heavy atom. The van der Waals surface area contributed by atoms with Crippen LogP contribution in [-0.4, -0.2) is 28.2 Å². The Morgan fingerprint density at radius 2 is 0.769 bits per heavy atom. The van der Waals surface area contributed by atoms with Gasteiger partial charge in [-0.3, -0.25) is 0 Å². The molecule has 0 aromatic heterocycles. The summed E-state index contributed by atoms with van der Waals surface area (Å²) in [7, 11) is 8.32. The zero-order valence-corrected chi connectivity index (χ0v) is 83.7. The van der Waals surface area contributed by atoms with E-state index in [-0.39, 0.29) is 54.6 Å². The third-order valence-corrected chi connectivity index (χ3v) is 20.1. The third-order valence-electron chi connectivity index (χ3n) is 20.1. The highest BCUT2D eigenvalue weighted by molar-refractivity contribution is 5.55. The van der Waals surface area contributed by atoms with Gasteiger partial charge in [0.2, 0.25) is 0 Å². The second-order valence-corrected chi connectivity index (χ2v) is 43.2. The van der Waals surface area contributed by atoms with Gasteiger partial charge in [0.15, 0.2) is 0 Å². The van der Waals surface area contributed by atoms with Crippen molar-refractivity contribution in [2.75, 3.05) is 38.0 Å². The molecule has 0 aliphatic rings. The lowest BCUT2D eigenvalue weighted by atomic mass is 9.84. The number of allylic oxidation sites excluding steroid dienone is 1. The highest BCUT2D eigenvalue weighted by Crippen LogP contribution is 2.33. The van der Waals surface area contributed by atoms with Gasteiger partial charge < -0.3 is 9.80 Å². The molecule has 0 saturated heterocycles. The van der Waals surface area contributed by atoms with Crippen molar-refractivity contribution in [2.24, 2.45) is 15.9 Å². The first kappa shape index (κ1) is 110. The second-order valence-electron chi connectivity index (χ2n) is 43.2. The van der Waals surface area contributed by atoms with Crippen LogP contribution in [0.25, 0.3) is 16.5 Å². The van der Waals surface area contributed by atoms with Crippen molar-refractivity contribution in [3.8, 4) is 0 Å². The minimum Gasteiger partial charge on any atom is -0.378 e. The number of anilines is 2. The monoisotopic (exact) mass is 1640 g/mol. The van der Waals surface area contributed by atoms with Crippen LogP contribution in [0.1, 0.15) is 319 Å². The van der Waals surface area contributed by atoms with E-state index in [0.29, 0.717) is 17.0 Å². The first-order valence-corrected chi connectivity index (χ1v) is 44.1. The number of nitrogens with zero attached hydrogens (tertiary/aromatic N) is 5. The highest BCUT2D eigenvalue weighted by Gasteiger charge is 2.22. The Morgan fingerprint density at radius 3 is 1.13 bits per heavy atom. The number of halogens is 1. The fraction of sp³-hybridized carbons (Fsp3) is 0.461.